The van der Waals surface area contributed by atoms with Gasteiger partial charge in [0, 0.05) is 11.3 Å². The van der Waals surface area contributed by atoms with Crippen molar-refractivity contribution in [2.75, 3.05) is 18.9 Å². The Bertz CT molecular complexity index is 1060. The molecule has 0 fully saturated rings. The first-order chi connectivity index (χ1) is 14.4. The molecule has 1 heterocycles. The third-order valence-electron chi connectivity index (χ3n) is 3.94. The molecule has 9 heteroatoms. The van der Waals surface area contributed by atoms with Crippen LogP contribution in [0.5, 0.6) is 5.75 Å². The molecule has 0 aliphatic heterocycles. The lowest BCUT2D eigenvalue weighted by Crippen LogP contribution is -2.29. The first-order valence-electron chi connectivity index (χ1n) is 8.86. The molecule has 0 aliphatic carbocycles. The van der Waals surface area contributed by atoms with E-state index >= 15 is 0 Å². The van der Waals surface area contributed by atoms with E-state index in [-0.39, 0.29) is 42.0 Å². The Morgan fingerprint density at radius 2 is 2.10 bits per heavy atom. The van der Waals surface area contributed by atoms with E-state index in [1.165, 1.54) is 6.07 Å². The van der Waals surface area contributed by atoms with Gasteiger partial charge in [0.1, 0.15) is 5.75 Å². The zero-order chi connectivity index (χ0) is 21.5. The van der Waals surface area contributed by atoms with Crippen LogP contribution in [-0.4, -0.2) is 41.2 Å². The van der Waals surface area contributed by atoms with E-state index in [0.29, 0.717) is 11.3 Å². The van der Waals surface area contributed by atoms with Gasteiger partial charge in [-0.05, 0) is 37.4 Å². The van der Waals surface area contributed by atoms with Gasteiger partial charge in [0.25, 0.3) is 0 Å². The number of nitrogens with one attached hydrogen (secondary N) is 1. The molecule has 0 radical (unpaired) electrons. The summed E-state index contributed by atoms with van der Waals surface area (Å²) in [6.07, 6.45) is 5.35. The van der Waals surface area contributed by atoms with E-state index in [9.17, 15) is 13.6 Å². The zero-order valence-electron chi connectivity index (χ0n) is 16.0. The Morgan fingerprint density at radius 3 is 2.87 bits per heavy atom. The number of halogens is 2. The van der Waals surface area contributed by atoms with E-state index in [1.54, 1.807) is 54.4 Å². The van der Waals surface area contributed by atoms with Gasteiger partial charge in [-0.25, -0.2) is 0 Å². The van der Waals surface area contributed by atoms with Crippen molar-refractivity contribution in [3.63, 3.8) is 0 Å². The third kappa shape index (κ3) is 5.62. The Labute approximate surface area is 171 Å². The Morgan fingerprint density at radius 1 is 1.30 bits per heavy atom. The van der Waals surface area contributed by atoms with Gasteiger partial charge in [-0.15, -0.1) is 6.42 Å². The number of likely N-dealkylation sites (N-methyl/N-ethyl adjacent to an activating group) is 1. The van der Waals surface area contributed by atoms with Crippen molar-refractivity contribution in [3.8, 4) is 29.5 Å². The van der Waals surface area contributed by atoms with E-state index < -0.39 is 6.61 Å². The standard InChI is InChI=1S/C21H18F2N4O3/c1-3-14-7-6-8-15(11-14)24-18(28)12-27(2)13-19-25-20(26-30-19)16-9-4-5-10-17(16)29-21(22)23/h1,4-11,21H,12-13H2,2H3,(H,24,28). The fourth-order valence-electron chi connectivity index (χ4n) is 2.70. The highest BCUT2D eigenvalue weighted by molar-refractivity contribution is 5.92. The number of nitrogens with zero attached hydrogens (tertiary/aromatic N) is 3. The fraction of sp³-hybridized carbons (Fsp3) is 0.190. The van der Waals surface area contributed by atoms with Crippen molar-refractivity contribution in [2.24, 2.45) is 0 Å². The van der Waals surface area contributed by atoms with Crippen LogP contribution in [0.3, 0.4) is 0 Å². The number of carbonyl (C=O) groups is 1. The molecule has 0 atom stereocenters. The van der Waals surface area contributed by atoms with Crippen LogP contribution < -0.4 is 10.1 Å². The van der Waals surface area contributed by atoms with Crippen LogP contribution in [0.2, 0.25) is 0 Å². The van der Waals surface area contributed by atoms with Gasteiger partial charge in [0.2, 0.25) is 17.6 Å². The molecule has 3 aromatic rings. The molecule has 7 nitrogen and oxygen atoms in total. The van der Waals surface area contributed by atoms with Gasteiger partial charge in [-0.1, -0.05) is 29.3 Å². The number of amides is 1. The van der Waals surface area contributed by atoms with E-state index in [1.807, 2.05) is 0 Å². The molecular formula is C21H18F2N4O3. The number of benzene rings is 2. The molecule has 1 aromatic heterocycles. The average molecular weight is 412 g/mol. The quantitative estimate of drug-likeness (QED) is 0.572. The molecular weight excluding hydrogens is 394 g/mol. The molecule has 30 heavy (non-hydrogen) atoms. The largest absolute Gasteiger partial charge is 0.434 e. The first-order valence-corrected chi connectivity index (χ1v) is 8.86. The number of ether oxygens (including phenoxy) is 1. The Balaban J connectivity index is 1.60. The average Bonchev–Trinajstić information content (AvgIpc) is 3.16. The summed E-state index contributed by atoms with van der Waals surface area (Å²) in [6.45, 7) is -2.73. The van der Waals surface area contributed by atoms with Gasteiger partial charge in [-0.2, -0.15) is 13.8 Å². The second-order valence-electron chi connectivity index (χ2n) is 6.33. The molecule has 0 unspecified atom stereocenters. The van der Waals surface area contributed by atoms with Crippen molar-refractivity contribution in [1.82, 2.24) is 15.0 Å². The van der Waals surface area contributed by atoms with Crippen LogP contribution in [0.4, 0.5) is 14.5 Å². The minimum absolute atomic E-state index is 0.0539. The topological polar surface area (TPSA) is 80.5 Å². The number of alkyl halides is 2. The minimum atomic E-state index is -2.97. The molecule has 1 amide bonds. The monoisotopic (exact) mass is 412 g/mol. The van der Waals surface area contributed by atoms with Crippen LogP contribution >= 0.6 is 0 Å². The Hall–Kier alpha value is -3.77. The van der Waals surface area contributed by atoms with Gasteiger partial charge >= 0.3 is 6.61 Å². The van der Waals surface area contributed by atoms with E-state index in [0.717, 1.165) is 0 Å². The molecule has 0 aliphatic rings. The summed E-state index contributed by atoms with van der Waals surface area (Å²) >= 11 is 0. The lowest BCUT2D eigenvalue weighted by atomic mass is 10.2. The number of carbonyl (C=O) groups excluding carboxylic acids is 1. The number of anilines is 1. The van der Waals surface area contributed by atoms with Gasteiger partial charge in [0.05, 0.1) is 18.7 Å². The minimum Gasteiger partial charge on any atom is -0.434 e. The molecule has 2 aromatic carbocycles. The van der Waals surface area contributed by atoms with Gasteiger partial charge in [-0.3, -0.25) is 9.69 Å². The number of terminal acetylenes is 1. The van der Waals surface area contributed by atoms with Gasteiger partial charge in [0.15, 0.2) is 0 Å². The second-order valence-corrected chi connectivity index (χ2v) is 6.33. The smallest absolute Gasteiger partial charge is 0.387 e. The number of para-hydroxylation sites is 1. The summed E-state index contributed by atoms with van der Waals surface area (Å²) in [4.78, 5) is 18.1. The summed E-state index contributed by atoms with van der Waals surface area (Å²) in [5, 5.41) is 6.58. The molecule has 0 bridgehead atoms. The van der Waals surface area contributed by atoms with E-state index in [2.05, 4.69) is 26.1 Å². The number of hydrogen-bond acceptors (Lipinski definition) is 6. The maximum Gasteiger partial charge on any atom is 0.387 e. The maximum absolute atomic E-state index is 12.6. The normalized spacial score (nSPS) is 10.8. The molecule has 0 saturated heterocycles. The first kappa shape index (κ1) is 21.0. The summed E-state index contributed by atoms with van der Waals surface area (Å²) in [6, 6.07) is 13.1. The van der Waals surface area contributed by atoms with Crippen molar-refractivity contribution in [1.29, 1.82) is 0 Å². The van der Waals surface area contributed by atoms with Crippen LogP contribution in [0.15, 0.2) is 53.1 Å². The van der Waals surface area contributed by atoms with E-state index in [4.69, 9.17) is 10.9 Å². The Kier molecular flexibility index (Phi) is 6.72. The van der Waals surface area contributed by atoms with Crippen molar-refractivity contribution in [3.05, 3.63) is 60.0 Å². The molecule has 3 rings (SSSR count). The fourth-order valence-corrected chi connectivity index (χ4v) is 2.70. The maximum atomic E-state index is 12.6. The highest BCUT2D eigenvalue weighted by Gasteiger charge is 2.17. The lowest BCUT2D eigenvalue weighted by Gasteiger charge is -2.14. The molecule has 1 N–H and O–H groups in total. The van der Waals surface area contributed by atoms with Crippen molar-refractivity contribution in [2.45, 2.75) is 13.2 Å². The van der Waals surface area contributed by atoms with Crippen LogP contribution in [0.1, 0.15) is 11.5 Å². The number of rotatable bonds is 8. The third-order valence-corrected chi connectivity index (χ3v) is 3.94. The van der Waals surface area contributed by atoms with Crippen LogP contribution in [-0.2, 0) is 11.3 Å². The summed E-state index contributed by atoms with van der Waals surface area (Å²) in [7, 11) is 1.70. The second kappa shape index (κ2) is 9.62. The van der Waals surface area contributed by atoms with Crippen LogP contribution in [0.25, 0.3) is 11.4 Å². The summed E-state index contributed by atoms with van der Waals surface area (Å²) in [5.74, 6) is 2.54. The summed E-state index contributed by atoms with van der Waals surface area (Å²) < 4.78 is 34.8. The summed E-state index contributed by atoms with van der Waals surface area (Å²) in [5.41, 5.74) is 1.54. The highest BCUT2D eigenvalue weighted by atomic mass is 19.3. The molecule has 0 spiro atoms. The zero-order valence-corrected chi connectivity index (χ0v) is 16.0. The van der Waals surface area contributed by atoms with Crippen LogP contribution in [0, 0.1) is 12.3 Å². The van der Waals surface area contributed by atoms with Crippen molar-refractivity contribution < 1.29 is 22.8 Å². The highest BCUT2D eigenvalue weighted by Crippen LogP contribution is 2.28. The number of aromatic nitrogens is 2. The molecule has 154 valence electrons. The SMILES string of the molecule is C#Cc1cccc(NC(=O)CN(C)Cc2nc(-c3ccccc3OC(F)F)no2)c1. The molecule has 0 saturated carbocycles. The van der Waals surface area contributed by atoms with Crippen molar-refractivity contribution >= 4 is 11.6 Å². The predicted octanol–water partition coefficient (Wildman–Crippen LogP) is 3.39. The lowest BCUT2D eigenvalue weighted by molar-refractivity contribution is -0.117. The predicted molar refractivity (Wildman–Crippen MR) is 106 cm³/mol. The number of hydrogen-bond donors (Lipinski definition) is 1. The van der Waals surface area contributed by atoms with Gasteiger partial charge < -0.3 is 14.6 Å².